The van der Waals surface area contributed by atoms with Crippen LogP contribution in [0.1, 0.15) is 130 Å². The highest BCUT2D eigenvalue weighted by Crippen LogP contribution is 2.57. The molecule has 0 saturated heterocycles. The first-order valence-electron chi connectivity index (χ1n) is 17.8. The zero-order valence-electron chi connectivity index (χ0n) is 31.2. The molecule has 0 bridgehead atoms. The van der Waals surface area contributed by atoms with Gasteiger partial charge in [0.25, 0.3) is 0 Å². The molecule has 6 rings (SSSR count). The molecule has 4 aromatic rings. The third-order valence-electron chi connectivity index (χ3n) is 10.2. The summed E-state index contributed by atoms with van der Waals surface area (Å²) in [5, 5.41) is 57.6. The molecule has 2 atom stereocenters. The van der Waals surface area contributed by atoms with E-state index in [1.54, 1.807) is 32.0 Å². The Morgan fingerprint density at radius 2 is 1.09 bits per heavy atom. The fourth-order valence-electron chi connectivity index (χ4n) is 7.75. The first kappa shape index (κ1) is 37.0. The van der Waals surface area contributed by atoms with Crippen molar-refractivity contribution in [3.63, 3.8) is 0 Å². The molecular formula is C45H46O8. The minimum absolute atomic E-state index is 0.00253. The van der Waals surface area contributed by atoms with E-state index in [0.717, 1.165) is 24.0 Å². The van der Waals surface area contributed by atoms with Crippen LogP contribution in [0.3, 0.4) is 0 Å². The summed E-state index contributed by atoms with van der Waals surface area (Å²) in [5.74, 6) is -4.14. The second-order valence-corrected chi connectivity index (χ2v) is 14.9. The van der Waals surface area contributed by atoms with Crippen molar-refractivity contribution in [1.82, 2.24) is 0 Å². The quantitative estimate of drug-likeness (QED) is 0.108. The van der Waals surface area contributed by atoms with Crippen LogP contribution in [0.5, 0.6) is 34.5 Å². The van der Waals surface area contributed by atoms with Crippen LogP contribution in [0.25, 0.3) is 0 Å². The van der Waals surface area contributed by atoms with E-state index in [-0.39, 0.29) is 69.4 Å². The molecule has 8 heteroatoms. The molecule has 0 saturated carbocycles. The van der Waals surface area contributed by atoms with Gasteiger partial charge in [0.15, 0.2) is 0 Å². The van der Waals surface area contributed by atoms with Crippen molar-refractivity contribution in [1.29, 1.82) is 0 Å². The maximum Gasteiger partial charge on any atom is 0.201 e. The monoisotopic (exact) mass is 714 g/mol. The average Bonchev–Trinajstić information content (AvgIpc) is 3.04. The summed E-state index contributed by atoms with van der Waals surface area (Å²) < 4.78 is 6.02. The summed E-state index contributed by atoms with van der Waals surface area (Å²) in [6, 6.07) is 11.1. The fourth-order valence-corrected chi connectivity index (χ4v) is 7.75. The molecular weight excluding hydrogens is 668 g/mol. The predicted molar refractivity (Wildman–Crippen MR) is 205 cm³/mol. The second kappa shape index (κ2) is 14.3. The van der Waals surface area contributed by atoms with Crippen molar-refractivity contribution in [2.24, 2.45) is 0 Å². The number of carbonyl (C=O) groups is 2. The highest BCUT2D eigenvalue weighted by atomic mass is 16.5. The van der Waals surface area contributed by atoms with E-state index in [4.69, 9.17) is 4.74 Å². The molecule has 0 heterocycles. The van der Waals surface area contributed by atoms with E-state index < -0.39 is 29.2 Å². The number of phenols is 5. The molecule has 0 aliphatic heterocycles. The van der Waals surface area contributed by atoms with Gasteiger partial charge in [0.2, 0.25) is 11.6 Å². The first-order chi connectivity index (χ1) is 25.1. The predicted octanol–water partition coefficient (Wildman–Crippen LogP) is 9.46. The molecule has 4 aromatic carbocycles. The van der Waals surface area contributed by atoms with Crippen molar-refractivity contribution in [3.05, 3.63) is 139 Å². The van der Waals surface area contributed by atoms with Gasteiger partial charge in [-0.2, -0.15) is 0 Å². The Morgan fingerprint density at radius 3 is 1.64 bits per heavy atom. The molecule has 2 aliphatic carbocycles. The molecule has 274 valence electrons. The lowest BCUT2D eigenvalue weighted by Crippen LogP contribution is -2.30. The number of rotatable bonds is 9. The Hall–Kier alpha value is -5.76. The van der Waals surface area contributed by atoms with Crippen molar-refractivity contribution in [2.45, 2.75) is 79.6 Å². The Bertz CT molecular complexity index is 2280. The molecule has 0 spiro atoms. The average molecular weight is 715 g/mol. The topological polar surface area (TPSA) is 145 Å². The molecule has 8 nitrogen and oxygen atoms in total. The standard InChI is InChI=1S/C45H46O8/c1-22(2)9-8-10-24(5)11-12-28-33(46)21-32-38(30-16-26(7)18-35(48)40(30)45(52)42(32)43(28)50)37-29-15-25(6)17-34(47)39(29)44(51)41-31(37)19-27(20-36(41)49)53-14-13-23(3)4/h9,11,13,15-21,37-38,46-50H,8,10,12,14H2,1-7H3. The number of ether oxygens (including phenoxy) is 1. The fraction of sp³-hybridized carbons (Fsp3) is 0.289. The van der Waals surface area contributed by atoms with Crippen molar-refractivity contribution in [2.75, 3.05) is 6.61 Å². The van der Waals surface area contributed by atoms with Crippen LogP contribution >= 0.6 is 0 Å². The van der Waals surface area contributed by atoms with Gasteiger partial charge < -0.3 is 30.3 Å². The SMILES string of the molecule is CC(C)=CCCC(C)=CCc1c(O)cc2c(c1O)C(=O)c1c(O)cc(C)cc1C2C1c2cc(C)cc(O)c2C(=O)c2c(O)cc(OCC=C(C)C)cc21. The lowest BCUT2D eigenvalue weighted by atomic mass is 9.63. The number of ketones is 2. The molecule has 53 heavy (non-hydrogen) atoms. The molecule has 0 amide bonds. The van der Waals surface area contributed by atoms with Crippen molar-refractivity contribution < 1.29 is 39.9 Å². The van der Waals surface area contributed by atoms with Gasteiger partial charge in [-0.1, -0.05) is 41.0 Å². The maximum atomic E-state index is 14.4. The van der Waals surface area contributed by atoms with Gasteiger partial charge in [0.1, 0.15) is 41.1 Å². The Kier molecular flexibility index (Phi) is 10.0. The minimum atomic E-state index is -0.894. The second-order valence-electron chi connectivity index (χ2n) is 14.9. The number of benzene rings is 4. The number of phenolic OH excluding ortho intramolecular Hbond substituents is 5. The Morgan fingerprint density at radius 1 is 0.604 bits per heavy atom. The first-order valence-corrected chi connectivity index (χ1v) is 17.8. The normalized spacial score (nSPS) is 15.9. The van der Waals surface area contributed by atoms with Crippen LogP contribution in [0.15, 0.2) is 77.4 Å². The maximum absolute atomic E-state index is 14.4. The number of allylic oxidation sites excluding steroid dienone is 5. The third-order valence-corrected chi connectivity index (χ3v) is 10.2. The Labute approximate surface area is 310 Å². The molecule has 0 radical (unpaired) electrons. The van der Waals surface area contributed by atoms with E-state index in [9.17, 15) is 35.1 Å². The Balaban J connectivity index is 1.63. The summed E-state index contributed by atoms with van der Waals surface area (Å²) in [4.78, 5) is 28.6. The lowest BCUT2D eigenvalue weighted by Gasteiger charge is -2.39. The largest absolute Gasteiger partial charge is 0.508 e. The van der Waals surface area contributed by atoms with Crippen molar-refractivity contribution >= 4 is 11.6 Å². The van der Waals surface area contributed by atoms with E-state index in [1.165, 1.54) is 29.8 Å². The van der Waals surface area contributed by atoms with Gasteiger partial charge in [0, 0.05) is 23.5 Å². The van der Waals surface area contributed by atoms with Gasteiger partial charge in [0.05, 0.1) is 22.3 Å². The zero-order chi connectivity index (χ0) is 38.5. The molecule has 2 unspecified atom stereocenters. The van der Waals surface area contributed by atoms with E-state index in [2.05, 4.69) is 6.08 Å². The number of fused-ring (bicyclic) bond motifs is 4. The highest BCUT2D eigenvalue weighted by molar-refractivity contribution is 6.18. The van der Waals surface area contributed by atoms with E-state index in [1.807, 2.05) is 46.8 Å². The number of carbonyl (C=O) groups excluding carboxylic acids is 2. The van der Waals surface area contributed by atoms with Crippen LogP contribution in [0.4, 0.5) is 0 Å². The van der Waals surface area contributed by atoms with Crippen molar-refractivity contribution in [3.8, 4) is 34.5 Å². The molecule has 0 aromatic heterocycles. The number of hydrogen-bond donors (Lipinski definition) is 5. The van der Waals surface area contributed by atoms with Crippen LogP contribution in [0, 0.1) is 13.8 Å². The molecule has 0 fully saturated rings. The van der Waals surface area contributed by atoms with Gasteiger partial charge in [-0.3, -0.25) is 9.59 Å². The van der Waals surface area contributed by atoms with E-state index in [0.29, 0.717) is 33.6 Å². The highest BCUT2D eigenvalue weighted by Gasteiger charge is 2.46. The van der Waals surface area contributed by atoms with Crippen LogP contribution < -0.4 is 4.74 Å². The number of aryl methyl sites for hydroxylation is 2. The summed E-state index contributed by atoms with van der Waals surface area (Å²) in [5.41, 5.74) is 6.17. The smallest absolute Gasteiger partial charge is 0.201 e. The van der Waals surface area contributed by atoms with Crippen LogP contribution in [-0.4, -0.2) is 43.7 Å². The number of aromatic hydroxyl groups is 5. The van der Waals surface area contributed by atoms with Gasteiger partial charge >= 0.3 is 0 Å². The summed E-state index contributed by atoms with van der Waals surface area (Å²) >= 11 is 0. The van der Waals surface area contributed by atoms with Gasteiger partial charge in [-0.25, -0.2) is 0 Å². The minimum Gasteiger partial charge on any atom is -0.508 e. The molecule has 2 aliphatic rings. The summed E-state index contributed by atoms with van der Waals surface area (Å²) in [6.45, 7) is 13.7. The van der Waals surface area contributed by atoms with Gasteiger partial charge in [-0.05, 0) is 131 Å². The summed E-state index contributed by atoms with van der Waals surface area (Å²) in [6.07, 6.45) is 7.74. The van der Waals surface area contributed by atoms with Crippen LogP contribution in [0.2, 0.25) is 0 Å². The van der Waals surface area contributed by atoms with E-state index >= 15 is 0 Å². The van der Waals surface area contributed by atoms with Crippen LogP contribution in [-0.2, 0) is 6.42 Å². The molecule has 5 N–H and O–H groups in total. The number of hydrogen-bond acceptors (Lipinski definition) is 8. The summed E-state index contributed by atoms with van der Waals surface area (Å²) in [7, 11) is 0. The lowest BCUT2D eigenvalue weighted by molar-refractivity contribution is 0.101. The van der Waals surface area contributed by atoms with Gasteiger partial charge in [-0.15, -0.1) is 0 Å². The zero-order valence-corrected chi connectivity index (χ0v) is 31.2. The third kappa shape index (κ3) is 6.81.